The highest BCUT2D eigenvalue weighted by Crippen LogP contribution is 2.24. The molecule has 1 rings (SSSR count). The lowest BCUT2D eigenvalue weighted by atomic mass is 10.0. The Morgan fingerprint density at radius 1 is 1.29 bits per heavy atom. The van der Waals surface area contributed by atoms with E-state index < -0.39 is 26.6 Å². The van der Waals surface area contributed by atoms with E-state index in [1.165, 1.54) is 18.3 Å². The van der Waals surface area contributed by atoms with Crippen molar-refractivity contribution in [1.82, 2.24) is 4.98 Å². The number of pyridine rings is 1. The lowest BCUT2D eigenvalue weighted by Crippen LogP contribution is -2.34. The number of nitrogens with one attached hydrogen (secondary N) is 1. The zero-order valence-corrected chi connectivity index (χ0v) is 13.7. The molecular formula is C14H22N2O4S. The third-order valence-electron chi connectivity index (χ3n) is 3.07. The molecular weight excluding hydrogens is 292 g/mol. The van der Waals surface area contributed by atoms with Crippen molar-refractivity contribution in [1.29, 1.82) is 0 Å². The van der Waals surface area contributed by atoms with Crippen LogP contribution in [0.2, 0.25) is 0 Å². The van der Waals surface area contributed by atoms with Gasteiger partial charge in [-0.05, 0) is 38.8 Å². The molecule has 0 aliphatic rings. The quantitative estimate of drug-likeness (QED) is 0.864. The number of carboxylic acid groups (broad SMARTS) is 1. The van der Waals surface area contributed by atoms with E-state index in [0.29, 0.717) is 5.69 Å². The highest BCUT2D eigenvalue weighted by atomic mass is 32.2. The van der Waals surface area contributed by atoms with Gasteiger partial charge in [-0.3, -0.25) is 0 Å². The van der Waals surface area contributed by atoms with E-state index in [4.69, 9.17) is 5.11 Å². The monoisotopic (exact) mass is 314 g/mol. The Hall–Kier alpha value is -1.63. The van der Waals surface area contributed by atoms with E-state index in [0.717, 1.165) is 0 Å². The largest absolute Gasteiger partial charge is 0.480 e. The maximum atomic E-state index is 12.2. The number of aromatic nitrogens is 1. The summed E-state index contributed by atoms with van der Waals surface area (Å²) in [6.45, 7) is 8.40. The van der Waals surface area contributed by atoms with Gasteiger partial charge in [-0.1, -0.05) is 13.8 Å². The molecule has 21 heavy (non-hydrogen) atoms. The average molecular weight is 314 g/mol. The van der Waals surface area contributed by atoms with Gasteiger partial charge in [-0.2, -0.15) is 0 Å². The van der Waals surface area contributed by atoms with E-state index in [1.54, 1.807) is 34.6 Å². The first-order valence-corrected chi connectivity index (χ1v) is 8.15. The van der Waals surface area contributed by atoms with E-state index in [-0.39, 0.29) is 10.9 Å². The summed E-state index contributed by atoms with van der Waals surface area (Å²) in [5.74, 6) is -1.07. The second kappa shape index (κ2) is 6.01. The zero-order valence-electron chi connectivity index (χ0n) is 12.9. The van der Waals surface area contributed by atoms with Crippen LogP contribution < -0.4 is 5.32 Å². The average Bonchev–Trinajstić information content (AvgIpc) is 2.34. The first-order valence-electron chi connectivity index (χ1n) is 6.67. The van der Waals surface area contributed by atoms with Gasteiger partial charge in [0.1, 0.15) is 6.04 Å². The number of carboxylic acids is 1. The molecule has 0 bridgehead atoms. The second-order valence-corrected chi connectivity index (χ2v) is 8.86. The molecule has 0 aliphatic heterocycles. The van der Waals surface area contributed by atoms with Crippen LogP contribution in [-0.2, 0) is 14.6 Å². The minimum atomic E-state index is -3.51. The van der Waals surface area contributed by atoms with Gasteiger partial charge in [-0.15, -0.1) is 0 Å². The van der Waals surface area contributed by atoms with Crippen molar-refractivity contribution in [3.8, 4) is 0 Å². The summed E-state index contributed by atoms with van der Waals surface area (Å²) in [7, 11) is -3.51. The Balaban J connectivity index is 3.02. The summed E-state index contributed by atoms with van der Waals surface area (Å²) in [5, 5.41) is 11.9. The van der Waals surface area contributed by atoms with Crippen LogP contribution in [0.1, 0.15) is 34.6 Å². The Morgan fingerprint density at radius 2 is 1.86 bits per heavy atom. The lowest BCUT2D eigenvalue weighted by molar-refractivity contribution is -0.138. The number of rotatable bonds is 5. The van der Waals surface area contributed by atoms with Crippen molar-refractivity contribution in [2.24, 2.45) is 5.92 Å². The Morgan fingerprint density at radius 3 is 2.19 bits per heavy atom. The molecule has 0 amide bonds. The van der Waals surface area contributed by atoms with Crippen molar-refractivity contribution in [3.63, 3.8) is 0 Å². The van der Waals surface area contributed by atoms with Gasteiger partial charge in [0, 0.05) is 0 Å². The molecule has 0 unspecified atom stereocenters. The lowest BCUT2D eigenvalue weighted by Gasteiger charge is -2.20. The van der Waals surface area contributed by atoms with Crippen LogP contribution >= 0.6 is 0 Å². The molecule has 0 fully saturated rings. The van der Waals surface area contributed by atoms with Crippen LogP contribution in [0, 0.1) is 5.92 Å². The molecule has 1 aromatic rings. The Bertz CT molecular complexity index is 601. The molecule has 6 nitrogen and oxygen atoms in total. The van der Waals surface area contributed by atoms with E-state index in [9.17, 15) is 13.2 Å². The Kier molecular flexibility index (Phi) is 4.99. The van der Waals surface area contributed by atoms with Gasteiger partial charge >= 0.3 is 5.97 Å². The van der Waals surface area contributed by atoms with E-state index in [2.05, 4.69) is 10.3 Å². The number of aliphatic carboxylic acids is 1. The summed E-state index contributed by atoms with van der Waals surface area (Å²) >= 11 is 0. The van der Waals surface area contributed by atoms with Crippen LogP contribution in [-0.4, -0.2) is 35.3 Å². The third-order valence-corrected chi connectivity index (χ3v) is 5.48. The van der Waals surface area contributed by atoms with Crippen LogP contribution in [0.4, 0.5) is 5.69 Å². The van der Waals surface area contributed by atoms with Crippen LogP contribution in [0.5, 0.6) is 0 Å². The molecule has 1 aromatic heterocycles. The normalized spacial score (nSPS) is 14.0. The minimum absolute atomic E-state index is 0.0167. The van der Waals surface area contributed by atoms with Crippen molar-refractivity contribution in [2.45, 2.75) is 50.4 Å². The first kappa shape index (κ1) is 17.4. The van der Waals surface area contributed by atoms with Gasteiger partial charge in [0.15, 0.2) is 14.9 Å². The van der Waals surface area contributed by atoms with E-state index in [1.807, 2.05) is 0 Å². The fraction of sp³-hybridized carbons (Fsp3) is 0.571. The van der Waals surface area contributed by atoms with E-state index >= 15 is 0 Å². The Labute approximate surface area is 125 Å². The molecule has 0 aliphatic carbocycles. The van der Waals surface area contributed by atoms with Crippen LogP contribution in [0.3, 0.4) is 0 Å². The molecule has 1 atom stereocenters. The number of anilines is 1. The highest BCUT2D eigenvalue weighted by Gasteiger charge is 2.32. The predicted octanol–water partition coefficient (Wildman–Crippen LogP) is 2.17. The van der Waals surface area contributed by atoms with Crippen molar-refractivity contribution >= 4 is 21.5 Å². The number of carbonyl (C=O) groups is 1. The number of hydrogen-bond donors (Lipinski definition) is 2. The standard InChI is InChI=1S/C14H22N2O4S/c1-9(2)12(13(17)18)16-10-6-7-11(15-8-10)21(19,20)14(3,4)5/h6-9,12,16H,1-5H3,(H,17,18)/t12-/m1/s1. The van der Waals surface area contributed by atoms with Crippen LogP contribution in [0.15, 0.2) is 23.4 Å². The van der Waals surface area contributed by atoms with Crippen molar-refractivity contribution in [2.75, 3.05) is 5.32 Å². The van der Waals surface area contributed by atoms with Gasteiger partial charge in [0.25, 0.3) is 0 Å². The molecule has 0 saturated heterocycles. The molecule has 0 aromatic carbocycles. The predicted molar refractivity (Wildman–Crippen MR) is 81.1 cm³/mol. The first-order chi connectivity index (χ1) is 9.46. The SMILES string of the molecule is CC(C)[C@@H](Nc1ccc(S(=O)(=O)C(C)(C)C)nc1)C(=O)O. The summed E-state index contributed by atoms with van der Waals surface area (Å²) in [5.41, 5.74) is 0.476. The number of nitrogens with zero attached hydrogens (tertiary/aromatic N) is 1. The molecule has 2 N–H and O–H groups in total. The maximum absolute atomic E-state index is 12.2. The number of sulfone groups is 1. The summed E-state index contributed by atoms with van der Waals surface area (Å²) in [4.78, 5) is 15.1. The van der Waals surface area contributed by atoms with Crippen molar-refractivity contribution < 1.29 is 18.3 Å². The molecule has 0 radical (unpaired) electrons. The maximum Gasteiger partial charge on any atom is 0.326 e. The fourth-order valence-electron chi connectivity index (χ4n) is 1.63. The molecule has 0 saturated carbocycles. The summed E-state index contributed by atoms with van der Waals surface area (Å²) in [6.07, 6.45) is 1.34. The van der Waals surface area contributed by atoms with Gasteiger partial charge in [-0.25, -0.2) is 18.2 Å². The summed E-state index contributed by atoms with van der Waals surface area (Å²) in [6, 6.07) is 2.17. The summed E-state index contributed by atoms with van der Waals surface area (Å²) < 4.78 is 23.5. The van der Waals surface area contributed by atoms with Crippen molar-refractivity contribution in [3.05, 3.63) is 18.3 Å². The van der Waals surface area contributed by atoms with Gasteiger partial charge < -0.3 is 10.4 Å². The fourth-order valence-corrected chi connectivity index (χ4v) is 2.70. The topological polar surface area (TPSA) is 96.4 Å². The highest BCUT2D eigenvalue weighted by molar-refractivity contribution is 7.92. The minimum Gasteiger partial charge on any atom is -0.480 e. The van der Waals surface area contributed by atoms with Crippen LogP contribution in [0.25, 0.3) is 0 Å². The zero-order chi connectivity index (χ0) is 16.4. The molecule has 118 valence electrons. The second-order valence-electron chi connectivity index (χ2n) is 6.21. The molecule has 0 spiro atoms. The third kappa shape index (κ3) is 3.93. The smallest absolute Gasteiger partial charge is 0.326 e. The van der Waals surface area contributed by atoms with Gasteiger partial charge in [0.05, 0.1) is 16.6 Å². The number of hydrogen-bond acceptors (Lipinski definition) is 5. The molecule has 1 heterocycles. The molecule has 7 heteroatoms. The van der Waals surface area contributed by atoms with Gasteiger partial charge in [0.2, 0.25) is 0 Å².